The smallest absolute Gasteiger partial charge is 0.166 e. The molecule has 1 aromatic carbocycles. The molecule has 0 saturated heterocycles. The average molecular weight is 383 g/mol. The van der Waals surface area contributed by atoms with Gasteiger partial charge in [-0.1, -0.05) is 18.5 Å². The Balaban J connectivity index is 1.71. The molecule has 0 saturated carbocycles. The van der Waals surface area contributed by atoms with Gasteiger partial charge < -0.3 is 14.7 Å². The van der Waals surface area contributed by atoms with E-state index < -0.39 is 0 Å². The number of pyridine rings is 1. The number of ether oxygens (including phenoxy) is 1. The van der Waals surface area contributed by atoms with Crippen LogP contribution in [0.3, 0.4) is 0 Å². The van der Waals surface area contributed by atoms with E-state index in [0.29, 0.717) is 30.5 Å². The number of aryl methyl sites for hydroxylation is 1. The van der Waals surface area contributed by atoms with Crippen LogP contribution in [0.4, 0.5) is 5.82 Å². The number of phenolic OH excluding ortho intramolecular Hbond substituents is 1. The topological polar surface area (TPSA) is 71.4 Å². The van der Waals surface area contributed by atoms with Crippen LogP contribution in [-0.4, -0.2) is 33.2 Å². The molecular weight excluding hydrogens is 364 g/mol. The van der Waals surface area contributed by atoms with Crippen LogP contribution in [0.1, 0.15) is 18.2 Å². The predicted octanol–water partition coefficient (Wildman–Crippen LogP) is 3.86. The molecule has 3 heterocycles. The molecule has 1 N–H and O–H groups in total. The van der Waals surface area contributed by atoms with Crippen molar-refractivity contribution >= 4 is 17.4 Å². The summed E-state index contributed by atoms with van der Waals surface area (Å²) in [6, 6.07) is 9.27. The van der Waals surface area contributed by atoms with Crippen molar-refractivity contribution in [3.63, 3.8) is 0 Å². The summed E-state index contributed by atoms with van der Waals surface area (Å²) in [6.07, 6.45) is 4.03. The molecule has 138 valence electrons. The van der Waals surface area contributed by atoms with Crippen molar-refractivity contribution in [1.29, 1.82) is 0 Å². The molecule has 0 atom stereocenters. The summed E-state index contributed by atoms with van der Waals surface area (Å²) in [5.41, 5.74) is 3.43. The van der Waals surface area contributed by atoms with Gasteiger partial charge in [-0.2, -0.15) is 0 Å². The first-order chi connectivity index (χ1) is 13.1. The van der Waals surface area contributed by atoms with Crippen molar-refractivity contribution < 1.29 is 9.84 Å². The van der Waals surface area contributed by atoms with Crippen molar-refractivity contribution in [2.24, 2.45) is 0 Å². The van der Waals surface area contributed by atoms with Crippen molar-refractivity contribution in [2.45, 2.75) is 19.9 Å². The lowest BCUT2D eigenvalue weighted by Crippen LogP contribution is -2.26. The Labute approximate surface area is 162 Å². The number of anilines is 1. The van der Waals surface area contributed by atoms with Crippen molar-refractivity contribution in [3.8, 4) is 22.8 Å². The quantitative estimate of drug-likeness (QED) is 0.741. The number of aromatic hydroxyl groups is 1. The average Bonchev–Trinajstić information content (AvgIpc) is 2.91. The summed E-state index contributed by atoms with van der Waals surface area (Å²) < 4.78 is 5.82. The molecule has 1 aliphatic rings. The molecule has 0 amide bonds. The highest BCUT2D eigenvalue weighted by Gasteiger charge is 2.21. The standard InChI is InChI=1S/C20H19ClN4O2/c1-2-16-9-19(24-12-23-16)25-5-6-27-20-14(11-25)7-13(8-18(20)26)17-4-3-15(21)10-22-17/h3-4,7-10,12,26H,2,5-6,11H2,1H3. The first-order valence-corrected chi connectivity index (χ1v) is 9.18. The van der Waals surface area contributed by atoms with Gasteiger partial charge in [0.05, 0.1) is 17.3 Å². The minimum Gasteiger partial charge on any atom is -0.504 e. The van der Waals surface area contributed by atoms with Gasteiger partial charge in [-0.05, 0) is 30.7 Å². The van der Waals surface area contributed by atoms with Crippen LogP contribution in [0.25, 0.3) is 11.3 Å². The third-order valence-electron chi connectivity index (χ3n) is 4.53. The van der Waals surface area contributed by atoms with Crippen LogP contribution in [0, 0.1) is 0 Å². The molecule has 2 aromatic heterocycles. The number of aromatic nitrogens is 3. The summed E-state index contributed by atoms with van der Waals surface area (Å²) in [4.78, 5) is 15.1. The van der Waals surface area contributed by atoms with E-state index in [1.54, 1.807) is 24.7 Å². The van der Waals surface area contributed by atoms with Crippen molar-refractivity contribution in [1.82, 2.24) is 15.0 Å². The minimum atomic E-state index is 0.109. The second-order valence-corrected chi connectivity index (χ2v) is 6.77. The molecular formula is C20H19ClN4O2. The fourth-order valence-electron chi connectivity index (χ4n) is 3.14. The maximum absolute atomic E-state index is 10.5. The first-order valence-electron chi connectivity index (χ1n) is 8.80. The lowest BCUT2D eigenvalue weighted by Gasteiger charge is -2.21. The van der Waals surface area contributed by atoms with E-state index >= 15 is 0 Å². The number of hydrogen-bond acceptors (Lipinski definition) is 6. The second kappa shape index (κ2) is 7.40. The molecule has 0 unspecified atom stereocenters. The number of fused-ring (bicyclic) bond motifs is 1. The Morgan fingerprint density at radius 3 is 2.85 bits per heavy atom. The Kier molecular flexibility index (Phi) is 4.81. The van der Waals surface area contributed by atoms with Crippen LogP contribution in [0.2, 0.25) is 5.02 Å². The monoisotopic (exact) mass is 382 g/mol. The number of nitrogens with zero attached hydrogens (tertiary/aromatic N) is 4. The number of phenols is 1. The molecule has 4 rings (SSSR count). The maximum Gasteiger partial charge on any atom is 0.166 e. The Bertz CT molecular complexity index is 963. The van der Waals surface area contributed by atoms with Gasteiger partial charge in [0.2, 0.25) is 0 Å². The number of hydrogen-bond donors (Lipinski definition) is 1. The van der Waals surface area contributed by atoms with E-state index in [9.17, 15) is 5.11 Å². The number of halogens is 1. The molecule has 27 heavy (non-hydrogen) atoms. The van der Waals surface area contributed by atoms with Crippen LogP contribution in [0.15, 0.2) is 42.9 Å². The minimum absolute atomic E-state index is 0.109. The third kappa shape index (κ3) is 3.66. The number of rotatable bonds is 3. The predicted molar refractivity (Wildman–Crippen MR) is 104 cm³/mol. The van der Waals surface area contributed by atoms with Crippen LogP contribution < -0.4 is 9.64 Å². The van der Waals surface area contributed by atoms with Gasteiger partial charge in [0, 0.05) is 35.6 Å². The number of benzene rings is 1. The van der Waals surface area contributed by atoms with E-state index in [2.05, 4.69) is 26.8 Å². The van der Waals surface area contributed by atoms with E-state index in [1.165, 1.54) is 0 Å². The van der Waals surface area contributed by atoms with Crippen LogP contribution in [0.5, 0.6) is 11.5 Å². The largest absolute Gasteiger partial charge is 0.504 e. The molecule has 0 spiro atoms. The third-order valence-corrected chi connectivity index (χ3v) is 4.76. The highest BCUT2D eigenvalue weighted by Crippen LogP contribution is 2.37. The summed E-state index contributed by atoms with van der Waals surface area (Å²) in [7, 11) is 0. The van der Waals surface area contributed by atoms with Gasteiger partial charge in [0.25, 0.3) is 0 Å². The van der Waals surface area contributed by atoms with Gasteiger partial charge >= 0.3 is 0 Å². The maximum atomic E-state index is 10.5. The normalized spacial score (nSPS) is 13.6. The van der Waals surface area contributed by atoms with E-state index in [0.717, 1.165) is 34.8 Å². The van der Waals surface area contributed by atoms with Crippen LogP contribution in [-0.2, 0) is 13.0 Å². The first kappa shape index (κ1) is 17.5. The lowest BCUT2D eigenvalue weighted by molar-refractivity contribution is 0.311. The van der Waals surface area contributed by atoms with Gasteiger partial charge in [-0.15, -0.1) is 0 Å². The zero-order chi connectivity index (χ0) is 18.8. The van der Waals surface area contributed by atoms with E-state index in [-0.39, 0.29) is 5.75 Å². The highest BCUT2D eigenvalue weighted by molar-refractivity contribution is 6.30. The molecule has 3 aromatic rings. The van der Waals surface area contributed by atoms with Gasteiger partial charge in [0.1, 0.15) is 18.8 Å². The Hall–Kier alpha value is -2.86. The molecule has 0 radical (unpaired) electrons. The highest BCUT2D eigenvalue weighted by atomic mass is 35.5. The van der Waals surface area contributed by atoms with Gasteiger partial charge in [-0.25, -0.2) is 9.97 Å². The Morgan fingerprint density at radius 1 is 1.19 bits per heavy atom. The zero-order valence-electron chi connectivity index (χ0n) is 14.9. The summed E-state index contributed by atoms with van der Waals surface area (Å²) in [5, 5.41) is 11.1. The summed E-state index contributed by atoms with van der Waals surface area (Å²) >= 11 is 5.93. The van der Waals surface area contributed by atoms with E-state index in [1.807, 2.05) is 18.2 Å². The SMILES string of the molecule is CCc1cc(N2CCOc3c(O)cc(-c4ccc(Cl)cn4)cc3C2)ncn1. The van der Waals surface area contributed by atoms with E-state index in [4.69, 9.17) is 16.3 Å². The van der Waals surface area contributed by atoms with Crippen molar-refractivity contribution in [3.05, 3.63) is 59.1 Å². The lowest BCUT2D eigenvalue weighted by atomic mass is 10.0. The second-order valence-electron chi connectivity index (χ2n) is 6.34. The molecule has 0 fully saturated rings. The molecule has 0 aliphatic carbocycles. The van der Waals surface area contributed by atoms with Gasteiger partial charge in [-0.3, -0.25) is 4.98 Å². The summed E-state index contributed by atoms with van der Waals surface area (Å²) in [5.74, 6) is 1.48. The molecule has 1 aliphatic heterocycles. The van der Waals surface area contributed by atoms with Gasteiger partial charge in [0.15, 0.2) is 11.5 Å². The molecule has 6 nitrogen and oxygen atoms in total. The van der Waals surface area contributed by atoms with Crippen LogP contribution >= 0.6 is 11.6 Å². The zero-order valence-corrected chi connectivity index (χ0v) is 15.6. The van der Waals surface area contributed by atoms with Crippen molar-refractivity contribution in [2.75, 3.05) is 18.1 Å². The summed E-state index contributed by atoms with van der Waals surface area (Å²) in [6.45, 7) is 3.77. The fraction of sp³-hybridized carbons (Fsp3) is 0.250. The Morgan fingerprint density at radius 2 is 2.07 bits per heavy atom. The molecule has 0 bridgehead atoms. The fourth-order valence-corrected chi connectivity index (χ4v) is 3.25. The molecule has 7 heteroatoms.